The summed E-state index contributed by atoms with van der Waals surface area (Å²) < 4.78 is 27.3. The van der Waals surface area contributed by atoms with E-state index in [4.69, 9.17) is 15.0 Å². The van der Waals surface area contributed by atoms with Crippen LogP contribution in [0.5, 0.6) is 5.75 Å². The molecule has 5 atom stereocenters. The molecule has 5 N–H and O–H groups in total. The number of aromatic nitrogens is 4. The lowest BCUT2D eigenvalue weighted by molar-refractivity contribution is -0.143. The zero-order valence-electron chi connectivity index (χ0n) is 41.8. The van der Waals surface area contributed by atoms with Crippen LogP contribution >= 0.6 is 11.3 Å². The second kappa shape index (κ2) is 23.4. The topological polar surface area (TPSA) is 220 Å². The number of halogens is 1. The van der Waals surface area contributed by atoms with Gasteiger partial charge in [-0.15, -0.1) is 21.5 Å². The third-order valence-electron chi connectivity index (χ3n) is 14.4. The normalized spacial score (nSPS) is 19.2. The molecule has 72 heavy (non-hydrogen) atoms. The molecule has 6 heterocycles. The Kier molecular flexibility index (Phi) is 16.9. The molecule has 3 amide bonds. The lowest BCUT2D eigenvalue weighted by Gasteiger charge is -2.40. The Labute approximate surface area is 424 Å². The fourth-order valence-corrected chi connectivity index (χ4v) is 11.0. The van der Waals surface area contributed by atoms with Crippen LogP contribution in [0.2, 0.25) is 0 Å². The third kappa shape index (κ3) is 11.9. The van der Waals surface area contributed by atoms with Crippen LogP contribution in [0.25, 0.3) is 21.7 Å². The minimum absolute atomic E-state index is 0.0159. The summed E-state index contributed by atoms with van der Waals surface area (Å²) >= 11 is 1.58. The molecule has 2 aromatic carbocycles. The number of carbonyl (C=O) groups excluding carboxylic acids is 3. The highest BCUT2D eigenvalue weighted by Gasteiger charge is 2.39. The van der Waals surface area contributed by atoms with Crippen LogP contribution in [-0.2, 0) is 14.3 Å². The number of phenolic OH excluding ortho intramolecular Hbond substituents is 1. The molecule has 3 saturated heterocycles. The Morgan fingerprint density at radius 1 is 0.972 bits per heavy atom. The summed E-state index contributed by atoms with van der Waals surface area (Å²) in [6, 6.07) is 17.4. The van der Waals surface area contributed by atoms with Crippen molar-refractivity contribution in [3.8, 4) is 27.4 Å². The molecular weight excluding hydrogens is 942 g/mol. The highest BCUT2D eigenvalue weighted by Crippen LogP contribution is 2.35. The second-order valence-corrected chi connectivity index (χ2v) is 20.4. The number of aliphatic hydroxyl groups is 1. The number of piperidine rings is 2. The molecule has 0 saturated carbocycles. The quantitative estimate of drug-likeness (QED) is 0.0766. The minimum atomic E-state index is -1.31. The van der Waals surface area contributed by atoms with Crippen LogP contribution < -0.4 is 20.9 Å². The maximum absolute atomic E-state index is 15.7. The first-order valence-corrected chi connectivity index (χ1v) is 26.0. The van der Waals surface area contributed by atoms with Gasteiger partial charge in [0.25, 0.3) is 0 Å². The van der Waals surface area contributed by atoms with Crippen LogP contribution in [0.3, 0.4) is 0 Å². The van der Waals surface area contributed by atoms with E-state index in [0.717, 1.165) is 41.1 Å². The van der Waals surface area contributed by atoms with Crippen LogP contribution in [0, 0.1) is 18.8 Å². The highest BCUT2D eigenvalue weighted by atomic mass is 32.1. The van der Waals surface area contributed by atoms with Gasteiger partial charge in [-0.2, -0.15) is 0 Å². The number of aliphatic hydroxyl groups excluding tert-OH is 1. The van der Waals surface area contributed by atoms with Gasteiger partial charge in [0.2, 0.25) is 11.8 Å². The number of alkyl halides is 1. The lowest BCUT2D eigenvalue weighted by Crippen LogP contribution is -2.52. The Balaban J connectivity index is 0.789. The van der Waals surface area contributed by atoms with Crippen LogP contribution in [0.4, 0.5) is 26.5 Å². The maximum atomic E-state index is 15.7. The average molecular weight is 1010 g/mol. The number of ether oxygens (including phenoxy) is 1. The number of carbonyl (C=O) groups is 3. The molecule has 0 spiro atoms. The number of likely N-dealkylation sites (tertiary alicyclic amines) is 1. The first-order chi connectivity index (χ1) is 34.7. The summed E-state index contributed by atoms with van der Waals surface area (Å²) in [6.07, 6.45) is -0.201. The summed E-state index contributed by atoms with van der Waals surface area (Å²) in [4.78, 5) is 56.4. The number of benzene rings is 2. The molecule has 20 heteroatoms. The molecule has 3 fully saturated rings. The van der Waals surface area contributed by atoms with Crippen molar-refractivity contribution < 1.29 is 38.2 Å². The number of hydrogen-bond acceptors (Lipinski definition) is 16. The number of amides is 3. The van der Waals surface area contributed by atoms with Crippen LogP contribution in [0.15, 0.2) is 70.7 Å². The first-order valence-electron chi connectivity index (χ1n) is 25.1. The summed E-state index contributed by atoms with van der Waals surface area (Å²) in [5.41, 5.74) is 12.7. The van der Waals surface area contributed by atoms with Crippen LogP contribution in [-0.4, -0.2) is 154 Å². The van der Waals surface area contributed by atoms with E-state index in [1.807, 2.05) is 75.4 Å². The molecule has 0 aliphatic carbocycles. The van der Waals surface area contributed by atoms with Gasteiger partial charge in [-0.1, -0.05) is 62.3 Å². The average Bonchev–Trinajstić information content (AvgIpc) is 4.04. The molecule has 5 aromatic rings. The summed E-state index contributed by atoms with van der Waals surface area (Å²) in [5.74, 6) is 0.160. The van der Waals surface area contributed by atoms with E-state index in [-0.39, 0.29) is 55.0 Å². The molecule has 3 aliphatic rings. The molecular formula is C52H68FN11O7S. The number of nitrogens with zero attached hydrogens (tertiary/aromatic N) is 9. The van der Waals surface area contributed by atoms with Crippen molar-refractivity contribution in [2.24, 2.45) is 11.8 Å². The highest BCUT2D eigenvalue weighted by molar-refractivity contribution is 7.13. The number of piperazine rings is 1. The van der Waals surface area contributed by atoms with E-state index in [1.165, 1.54) is 4.90 Å². The first kappa shape index (κ1) is 52.0. The van der Waals surface area contributed by atoms with Crippen molar-refractivity contribution in [2.75, 3.05) is 87.6 Å². The van der Waals surface area contributed by atoms with E-state index >= 15 is 4.39 Å². The molecule has 8 rings (SSSR count). The van der Waals surface area contributed by atoms with Crippen molar-refractivity contribution in [3.63, 3.8) is 0 Å². The molecule has 0 unspecified atom stereocenters. The van der Waals surface area contributed by atoms with Gasteiger partial charge in [-0.25, -0.2) is 14.2 Å². The van der Waals surface area contributed by atoms with Crippen molar-refractivity contribution in [1.29, 1.82) is 0 Å². The van der Waals surface area contributed by atoms with Crippen molar-refractivity contribution >= 4 is 46.6 Å². The number of thiazole rings is 1. The molecule has 0 bridgehead atoms. The van der Waals surface area contributed by atoms with Crippen molar-refractivity contribution in [2.45, 2.75) is 90.6 Å². The molecule has 0 radical (unpaired) electrons. The third-order valence-corrected chi connectivity index (χ3v) is 15.3. The fraction of sp³-hybridized carbons (Fsp3) is 0.519. The maximum Gasteiger partial charge on any atom is 0.410 e. The van der Waals surface area contributed by atoms with Gasteiger partial charge in [0, 0.05) is 83.5 Å². The molecule has 386 valence electrons. The number of hydrogen-bond donors (Lipinski definition) is 4. The molecule has 18 nitrogen and oxygen atoms in total. The van der Waals surface area contributed by atoms with E-state index < -0.39 is 30.3 Å². The van der Waals surface area contributed by atoms with Gasteiger partial charge in [-0.3, -0.25) is 14.5 Å². The monoisotopic (exact) mass is 1010 g/mol. The van der Waals surface area contributed by atoms with Gasteiger partial charge in [0.1, 0.15) is 30.0 Å². The molecule has 3 aliphatic heterocycles. The minimum Gasteiger partial charge on any atom is -0.507 e. The van der Waals surface area contributed by atoms with Gasteiger partial charge in [0.15, 0.2) is 17.4 Å². The summed E-state index contributed by atoms with van der Waals surface area (Å²) in [6.45, 7) is 13.9. The molecule has 3 aromatic heterocycles. The van der Waals surface area contributed by atoms with Gasteiger partial charge >= 0.3 is 6.09 Å². The Morgan fingerprint density at radius 2 is 1.71 bits per heavy atom. The van der Waals surface area contributed by atoms with Crippen LogP contribution in [0.1, 0.15) is 82.4 Å². The number of para-hydroxylation sites is 1. The van der Waals surface area contributed by atoms with E-state index in [9.17, 15) is 24.6 Å². The number of anilines is 3. The Hall–Kier alpha value is -6.38. The smallest absolute Gasteiger partial charge is 0.410 e. The number of aromatic hydroxyl groups is 1. The Bertz CT molecular complexity index is 2620. The predicted molar refractivity (Wildman–Crippen MR) is 274 cm³/mol. The van der Waals surface area contributed by atoms with Crippen molar-refractivity contribution in [3.05, 3.63) is 83.2 Å². The van der Waals surface area contributed by atoms with Gasteiger partial charge in [-0.05, 0) is 74.3 Å². The summed E-state index contributed by atoms with van der Waals surface area (Å²) in [5, 5.41) is 36.3. The van der Waals surface area contributed by atoms with Crippen molar-refractivity contribution in [1.82, 2.24) is 40.4 Å². The van der Waals surface area contributed by atoms with E-state index in [0.29, 0.717) is 93.1 Å². The fourth-order valence-electron chi connectivity index (χ4n) is 10.2. The zero-order valence-corrected chi connectivity index (χ0v) is 42.6. The van der Waals surface area contributed by atoms with E-state index in [2.05, 4.69) is 35.5 Å². The number of nitrogens with two attached hydrogens (primary N) is 1. The summed E-state index contributed by atoms with van der Waals surface area (Å²) in [7, 11) is 0. The second-order valence-electron chi connectivity index (χ2n) is 19.5. The van der Waals surface area contributed by atoms with E-state index in [1.54, 1.807) is 46.6 Å². The predicted octanol–water partition coefficient (Wildman–Crippen LogP) is 6.66. The SMILES string of the molecule is CC[C@@H](C(=O)N[C@@H](C)c1ccc(-c2scnc2C)cc1)N(CCO)C(=O)[C@@H](c1cc(N2CCC(CN3CC[C@@H](OC(=O)N4CCN(c5cc(-c6ccccc6O)nnc5N)CC4)[C@H](F)C3)CC2)no1)C(C)C. The standard InChI is InChI=1S/C52H68FN11O7S/c1-6-41(50(67)56-33(4)36-11-13-37(14-12-36)48-34(5)55-31-72-48)64(25-26-65)51(68)47(32(2)3)45-28-46(59-71-45)62-19-15-35(16-20-62)29-60-18-17-44(39(53)30-60)70-52(69)63-23-21-61(22-24-63)42-27-40(57-58-49(42)54)38-9-7-8-10-43(38)66/h7-14,27-28,31-33,35,39,41,44,47,65-66H,6,15-26,29-30H2,1-5H3,(H2,54,58)(H,56,67)/t33-,39+,41-,44+,47+/m0/s1. The van der Waals surface area contributed by atoms with Gasteiger partial charge < -0.3 is 50.1 Å². The number of nitrogens with one attached hydrogen (secondary N) is 1. The van der Waals surface area contributed by atoms with Gasteiger partial charge in [0.05, 0.1) is 40.1 Å². The number of nitrogen functional groups attached to an aromatic ring is 1. The largest absolute Gasteiger partial charge is 0.507 e. The Morgan fingerprint density at radius 3 is 2.36 bits per heavy atom. The number of rotatable bonds is 17. The lowest BCUT2D eigenvalue weighted by atomic mass is 9.90. The number of phenols is 1. The number of aryl methyl sites for hydroxylation is 1. The zero-order chi connectivity index (χ0) is 51.1.